The van der Waals surface area contributed by atoms with Gasteiger partial charge in [-0.15, -0.1) is 0 Å². The first-order valence-corrected chi connectivity index (χ1v) is 10.6. The predicted octanol–water partition coefficient (Wildman–Crippen LogP) is 4.60. The van der Waals surface area contributed by atoms with Gasteiger partial charge in [0.15, 0.2) is 0 Å². The highest BCUT2D eigenvalue weighted by atomic mass is 35.5. The van der Waals surface area contributed by atoms with Crippen LogP contribution in [0.25, 0.3) is 17.0 Å². The van der Waals surface area contributed by atoms with Crippen LogP contribution in [0.4, 0.5) is 4.79 Å². The summed E-state index contributed by atoms with van der Waals surface area (Å²) in [6, 6.07) is 17.8. The number of imide groups is 2. The lowest BCUT2D eigenvalue weighted by Gasteiger charge is -2.25. The maximum absolute atomic E-state index is 13.1. The summed E-state index contributed by atoms with van der Waals surface area (Å²) >= 11 is 6.35. The van der Waals surface area contributed by atoms with Gasteiger partial charge in [-0.05, 0) is 35.9 Å². The number of rotatable bonds is 5. The minimum atomic E-state index is -0.778. The second-order valence-electron chi connectivity index (χ2n) is 7.61. The Kier molecular flexibility index (Phi) is 5.32. The van der Waals surface area contributed by atoms with E-state index in [9.17, 15) is 14.4 Å². The number of aromatic nitrogens is 1. The van der Waals surface area contributed by atoms with Crippen molar-refractivity contribution >= 4 is 46.4 Å². The Hall–Kier alpha value is -4.10. The fourth-order valence-electron chi connectivity index (χ4n) is 3.88. The van der Waals surface area contributed by atoms with Crippen molar-refractivity contribution in [3.8, 4) is 0 Å². The topological polar surface area (TPSA) is 84.6 Å². The Bertz CT molecular complexity index is 1420. The van der Waals surface area contributed by atoms with Crippen molar-refractivity contribution < 1.29 is 18.8 Å². The maximum atomic E-state index is 13.1. The Morgan fingerprint density at radius 1 is 0.939 bits per heavy atom. The molecular formula is C25H18ClN3O4. The minimum Gasteiger partial charge on any atom is -0.467 e. The number of fused-ring (bicyclic) bond motifs is 1. The highest BCUT2D eigenvalue weighted by molar-refractivity contribution is 6.31. The number of para-hydroxylation sites is 1. The highest BCUT2D eigenvalue weighted by Crippen LogP contribution is 2.27. The van der Waals surface area contributed by atoms with Crippen LogP contribution in [0.2, 0.25) is 5.02 Å². The van der Waals surface area contributed by atoms with E-state index >= 15 is 0 Å². The van der Waals surface area contributed by atoms with Crippen LogP contribution in [0, 0.1) is 0 Å². The lowest BCUT2D eigenvalue weighted by atomic mass is 10.1. The van der Waals surface area contributed by atoms with E-state index in [1.165, 1.54) is 12.3 Å². The summed E-state index contributed by atoms with van der Waals surface area (Å²) in [5.41, 5.74) is 2.43. The zero-order chi connectivity index (χ0) is 22.9. The number of barbiturate groups is 1. The Labute approximate surface area is 193 Å². The van der Waals surface area contributed by atoms with Gasteiger partial charge < -0.3 is 8.98 Å². The molecule has 1 saturated heterocycles. The summed E-state index contributed by atoms with van der Waals surface area (Å²) in [4.78, 5) is 38.8. The molecule has 164 valence electrons. The number of furan rings is 1. The standard InChI is InChI=1S/C25H18ClN3O4/c26-21-9-3-1-6-16(21)13-28-14-17(19-8-2-4-10-22(19)28)12-20-23(30)27-25(32)29(24(20)31)15-18-7-5-11-33-18/h1-12,14H,13,15H2,(H,27,30,32)/b20-12+. The number of nitrogens with zero attached hydrogens (tertiary/aromatic N) is 2. The molecule has 2 aromatic carbocycles. The largest absolute Gasteiger partial charge is 0.467 e. The highest BCUT2D eigenvalue weighted by Gasteiger charge is 2.36. The summed E-state index contributed by atoms with van der Waals surface area (Å²) in [6.45, 7) is 0.448. The number of hydrogen-bond acceptors (Lipinski definition) is 4. The summed E-state index contributed by atoms with van der Waals surface area (Å²) in [5, 5.41) is 3.76. The number of amides is 4. The van der Waals surface area contributed by atoms with E-state index in [-0.39, 0.29) is 12.1 Å². The van der Waals surface area contributed by atoms with Gasteiger partial charge in [0.2, 0.25) is 0 Å². The van der Waals surface area contributed by atoms with Crippen molar-refractivity contribution in [2.75, 3.05) is 0 Å². The number of carbonyl (C=O) groups excluding carboxylic acids is 3. The van der Waals surface area contributed by atoms with E-state index in [0.717, 1.165) is 21.4 Å². The van der Waals surface area contributed by atoms with Crippen LogP contribution >= 0.6 is 11.6 Å². The molecule has 33 heavy (non-hydrogen) atoms. The molecule has 3 heterocycles. The van der Waals surface area contributed by atoms with Gasteiger partial charge in [0.25, 0.3) is 11.8 Å². The van der Waals surface area contributed by atoms with Crippen molar-refractivity contribution in [2.45, 2.75) is 13.1 Å². The summed E-state index contributed by atoms with van der Waals surface area (Å²) < 4.78 is 7.26. The van der Waals surface area contributed by atoms with Gasteiger partial charge >= 0.3 is 6.03 Å². The second kappa shape index (κ2) is 8.44. The van der Waals surface area contributed by atoms with Gasteiger partial charge in [-0.2, -0.15) is 0 Å². The Balaban J connectivity index is 1.54. The third-order valence-corrected chi connectivity index (χ3v) is 5.87. The second-order valence-corrected chi connectivity index (χ2v) is 8.02. The molecule has 8 heteroatoms. The lowest BCUT2D eigenvalue weighted by molar-refractivity contribution is -0.130. The molecule has 1 N–H and O–H groups in total. The monoisotopic (exact) mass is 459 g/mol. The Morgan fingerprint density at radius 3 is 2.52 bits per heavy atom. The third-order valence-electron chi connectivity index (χ3n) is 5.50. The molecule has 0 bridgehead atoms. The van der Waals surface area contributed by atoms with Crippen LogP contribution in [0.3, 0.4) is 0 Å². The van der Waals surface area contributed by atoms with Crippen molar-refractivity contribution in [1.82, 2.24) is 14.8 Å². The molecule has 2 aromatic heterocycles. The van der Waals surface area contributed by atoms with Crippen LogP contribution in [0.15, 0.2) is 83.1 Å². The molecule has 0 spiro atoms. The molecule has 1 fully saturated rings. The number of benzene rings is 2. The normalized spacial score (nSPS) is 15.5. The number of hydrogen-bond donors (Lipinski definition) is 1. The van der Waals surface area contributed by atoms with Gasteiger partial charge in [-0.1, -0.05) is 48.0 Å². The van der Waals surface area contributed by atoms with Crippen molar-refractivity contribution in [1.29, 1.82) is 0 Å². The van der Waals surface area contributed by atoms with E-state index in [2.05, 4.69) is 5.32 Å². The predicted molar refractivity (Wildman–Crippen MR) is 123 cm³/mol. The minimum absolute atomic E-state index is 0.0729. The van der Waals surface area contributed by atoms with Crippen LogP contribution < -0.4 is 5.32 Å². The fraction of sp³-hybridized carbons (Fsp3) is 0.0800. The molecule has 7 nitrogen and oxygen atoms in total. The molecule has 5 rings (SSSR count). The van der Waals surface area contributed by atoms with Gasteiger partial charge in [-0.25, -0.2) is 4.79 Å². The van der Waals surface area contributed by atoms with E-state index in [4.69, 9.17) is 16.0 Å². The summed E-state index contributed by atoms with van der Waals surface area (Å²) in [5.74, 6) is -0.977. The SMILES string of the molecule is O=C1NC(=O)N(Cc2ccco2)C(=O)/C1=C/c1cn(Cc2ccccc2Cl)c2ccccc12. The van der Waals surface area contributed by atoms with Crippen LogP contribution in [0.1, 0.15) is 16.9 Å². The van der Waals surface area contributed by atoms with Crippen molar-refractivity contribution in [3.05, 3.63) is 101 Å². The molecule has 4 aromatic rings. The van der Waals surface area contributed by atoms with Crippen molar-refractivity contribution in [3.63, 3.8) is 0 Å². The molecule has 0 atom stereocenters. The molecular weight excluding hydrogens is 442 g/mol. The first-order chi connectivity index (χ1) is 16.0. The smallest absolute Gasteiger partial charge is 0.331 e. The van der Waals surface area contributed by atoms with Crippen molar-refractivity contribution in [2.24, 2.45) is 0 Å². The number of urea groups is 1. The molecule has 1 aliphatic heterocycles. The first kappa shape index (κ1) is 20.8. The van der Waals surface area contributed by atoms with Gasteiger partial charge in [0.05, 0.1) is 12.8 Å². The van der Waals surface area contributed by atoms with Gasteiger partial charge in [0, 0.05) is 34.2 Å². The van der Waals surface area contributed by atoms with E-state index in [1.54, 1.807) is 12.1 Å². The summed E-state index contributed by atoms with van der Waals surface area (Å²) in [7, 11) is 0. The molecule has 0 radical (unpaired) electrons. The lowest BCUT2D eigenvalue weighted by Crippen LogP contribution is -2.53. The van der Waals surface area contributed by atoms with Gasteiger partial charge in [0.1, 0.15) is 11.3 Å². The van der Waals surface area contributed by atoms with Crippen LogP contribution in [-0.2, 0) is 22.7 Å². The van der Waals surface area contributed by atoms with E-state index in [1.807, 2.05) is 59.3 Å². The zero-order valence-electron chi connectivity index (χ0n) is 17.3. The molecule has 0 saturated carbocycles. The number of carbonyl (C=O) groups is 3. The van der Waals surface area contributed by atoms with Crippen LogP contribution in [-0.4, -0.2) is 27.3 Å². The maximum Gasteiger partial charge on any atom is 0.331 e. The quantitative estimate of drug-likeness (QED) is 0.349. The zero-order valence-corrected chi connectivity index (χ0v) is 18.1. The van der Waals surface area contributed by atoms with E-state index < -0.39 is 17.8 Å². The third kappa shape index (κ3) is 3.94. The number of halogens is 1. The average Bonchev–Trinajstić information content (AvgIpc) is 3.44. The molecule has 0 unspecified atom stereocenters. The average molecular weight is 460 g/mol. The van der Waals surface area contributed by atoms with Gasteiger partial charge in [-0.3, -0.25) is 19.8 Å². The fourth-order valence-corrected chi connectivity index (χ4v) is 4.08. The molecule has 1 aliphatic rings. The summed E-state index contributed by atoms with van der Waals surface area (Å²) in [6.07, 6.45) is 4.84. The number of nitrogens with one attached hydrogen (secondary N) is 1. The molecule has 4 amide bonds. The first-order valence-electron chi connectivity index (χ1n) is 10.2. The van der Waals surface area contributed by atoms with Crippen LogP contribution in [0.5, 0.6) is 0 Å². The molecule has 0 aliphatic carbocycles. The van der Waals surface area contributed by atoms with E-state index in [0.29, 0.717) is 22.9 Å². The Morgan fingerprint density at radius 2 is 1.73 bits per heavy atom.